The summed E-state index contributed by atoms with van der Waals surface area (Å²) in [5.41, 5.74) is 0. The third-order valence-corrected chi connectivity index (χ3v) is 2.37. The van der Waals surface area contributed by atoms with Crippen LogP contribution in [0.4, 0.5) is 5.82 Å². The van der Waals surface area contributed by atoms with Crippen molar-refractivity contribution >= 4 is 23.4 Å². The number of esters is 1. The predicted octanol–water partition coefficient (Wildman–Crippen LogP) is 2.51. The van der Waals surface area contributed by atoms with E-state index >= 15 is 0 Å². The van der Waals surface area contributed by atoms with Crippen molar-refractivity contribution in [2.45, 2.75) is 13.5 Å². The number of hydrogen-bond donors (Lipinski definition) is 1. The molecule has 0 amide bonds. The van der Waals surface area contributed by atoms with Gasteiger partial charge in [-0.3, -0.25) is 4.98 Å². The Morgan fingerprint density at radius 3 is 3.05 bits per heavy atom. The third-order valence-electron chi connectivity index (χ3n) is 2.19. The Morgan fingerprint density at radius 1 is 1.47 bits per heavy atom. The minimum atomic E-state index is -0.476. The molecule has 0 fully saturated rings. The van der Waals surface area contributed by atoms with Crippen molar-refractivity contribution in [2.75, 3.05) is 11.9 Å². The van der Waals surface area contributed by atoms with Crippen molar-refractivity contribution in [3.05, 3.63) is 41.2 Å². The largest absolute Gasteiger partial charge is 0.460 e. The van der Waals surface area contributed by atoms with Gasteiger partial charge in [0, 0.05) is 0 Å². The third kappa shape index (κ3) is 3.69. The van der Waals surface area contributed by atoms with Gasteiger partial charge < -0.3 is 14.5 Å². The molecule has 2 aromatic rings. The highest BCUT2D eigenvalue weighted by atomic mass is 35.5. The lowest BCUT2D eigenvalue weighted by molar-refractivity contribution is 0.0488. The van der Waals surface area contributed by atoms with Crippen molar-refractivity contribution in [3.8, 4) is 0 Å². The van der Waals surface area contributed by atoms with Gasteiger partial charge >= 0.3 is 5.97 Å². The first-order chi connectivity index (χ1) is 9.19. The normalized spacial score (nSPS) is 10.2. The number of hydrogen-bond acceptors (Lipinski definition) is 6. The zero-order valence-electron chi connectivity index (χ0n) is 10.2. The second kappa shape index (κ2) is 6.19. The van der Waals surface area contributed by atoms with Gasteiger partial charge in [0.15, 0.2) is 0 Å². The van der Waals surface area contributed by atoms with E-state index in [1.807, 2.05) is 0 Å². The van der Waals surface area contributed by atoms with Gasteiger partial charge in [0.1, 0.15) is 16.7 Å². The average Bonchev–Trinajstić information content (AvgIpc) is 2.86. The highest BCUT2D eigenvalue weighted by Gasteiger charge is 2.11. The highest BCUT2D eigenvalue weighted by Crippen LogP contribution is 2.12. The van der Waals surface area contributed by atoms with Crippen LogP contribution in [-0.2, 0) is 11.3 Å². The quantitative estimate of drug-likeness (QED) is 0.849. The minimum Gasteiger partial charge on any atom is -0.460 e. The number of carbonyl (C=O) groups excluding carboxylic acids is 1. The van der Waals surface area contributed by atoms with Crippen molar-refractivity contribution in [3.63, 3.8) is 0 Å². The number of ether oxygens (including phenoxy) is 1. The van der Waals surface area contributed by atoms with Gasteiger partial charge in [-0.2, -0.15) is 0 Å². The summed E-state index contributed by atoms with van der Waals surface area (Å²) in [4.78, 5) is 19.3. The topological polar surface area (TPSA) is 77.2 Å². The zero-order valence-corrected chi connectivity index (χ0v) is 11.0. The minimum absolute atomic E-state index is 0.177. The monoisotopic (exact) mass is 281 g/mol. The van der Waals surface area contributed by atoms with Crippen LogP contribution in [0.25, 0.3) is 0 Å². The first kappa shape index (κ1) is 13.4. The Bertz CT molecular complexity index is 571. The van der Waals surface area contributed by atoms with E-state index in [2.05, 4.69) is 15.3 Å². The van der Waals surface area contributed by atoms with E-state index in [-0.39, 0.29) is 5.76 Å². The van der Waals surface area contributed by atoms with Crippen LogP contribution in [0.1, 0.15) is 23.2 Å². The van der Waals surface area contributed by atoms with E-state index in [4.69, 9.17) is 20.8 Å². The molecule has 0 unspecified atom stereocenters. The molecule has 0 aliphatic carbocycles. The number of anilines is 1. The first-order valence-electron chi connectivity index (χ1n) is 5.66. The molecule has 0 atom stereocenters. The van der Waals surface area contributed by atoms with Crippen LogP contribution in [0.15, 0.2) is 28.9 Å². The van der Waals surface area contributed by atoms with Crippen LogP contribution in [0.3, 0.4) is 0 Å². The van der Waals surface area contributed by atoms with Crippen molar-refractivity contribution < 1.29 is 13.9 Å². The maximum atomic E-state index is 11.4. The molecule has 7 heteroatoms. The molecule has 2 heterocycles. The molecular weight excluding hydrogens is 270 g/mol. The van der Waals surface area contributed by atoms with Crippen LogP contribution < -0.4 is 5.32 Å². The van der Waals surface area contributed by atoms with Crippen LogP contribution in [0, 0.1) is 0 Å². The Kier molecular flexibility index (Phi) is 4.35. The highest BCUT2D eigenvalue weighted by molar-refractivity contribution is 6.29. The molecule has 0 aliphatic heterocycles. The number of aromatic nitrogens is 2. The zero-order chi connectivity index (χ0) is 13.7. The SMILES string of the molecule is CCOC(=O)c1ccc(CNc2cncc(Cl)n2)o1. The van der Waals surface area contributed by atoms with Gasteiger partial charge in [-0.25, -0.2) is 9.78 Å². The van der Waals surface area contributed by atoms with Gasteiger partial charge in [0.05, 0.1) is 25.5 Å². The first-order valence-corrected chi connectivity index (χ1v) is 6.04. The Balaban J connectivity index is 1.95. The van der Waals surface area contributed by atoms with Crippen molar-refractivity contribution in [1.82, 2.24) is 9.97 Å². The lowest BCUT2D eigenvalue weighted by atomic mass is 10.4. The Morgan fingerprint density at radius 2 is 2.32 bits per heavy atom. The van der Waals surface area contributed by atoms with Crippen LogP contribution in [-0.4, -0.2) is 22.5 Å². The molecule has 0 aliphatic rings. The molecule has 6 nitrogen and oxygen atoms in total. The fourth-order valence-corrected chi connectivity index (χ4v) is 1.54. The van der Waals surface area contributed by atoms with Gasteiger partial charge in [-0.05, 0) is 19.1 Å². The molecule has 1 N–H and O–H groups in total. The molecule has 0 spiro atoms. The Labute approximate surface area is 114 Å². The molecule has 0 radical (unpaired) electrons. The summed E-state index contributed by atoms with van der Waals surface area (Å²) in [6.07, 6.45) is 2.99. The predicted molar refractivity (Wildman–Crippen MR) is 69.0 cm³/mol. The summed E-state index contributed by atoms with van der Waals surface area (Å²) in [5.74, 6) is 0.818. The number of rotatable bonds is 5. The number of nitrogens with zero attached hydrogens (tertiary/aromatic N) is 2. The standard InChI is InChI=1S/C12H12ClN3O3/c1-2-18-12(17)9-4-3-8(19-9)5-15-11-7-14-6-10(13)16-11/h3-4,6-7H,2,5H2,1H3,(H,15,16). The molecule has 0 saturated heterocycles. The Hall–Kier alpha value is -2.08. The van der Waals surface area contributed by atoms with Crippen LogP contribution in [0.2, 0.25) is 5.15 Å². The number of furan rings is 1. The number of nitrogens with one attached hydrogen (secondary N) is 1. The van der Waals surface area contributed by atoms with E-state index in [1.54, 1.807) is 25.3 Å². The van der Waals surface area contributed by atoms with E-state index < -0.39 is 5.97 Å². The van der Waals surface area contributed by atoms with Crippen molar-refractivity contribution in [2.24, 2.45) is 0 Å². The van der Waals surface area contributed by atoms with Gasteiger partial charge in [0.25, 0.3) is 0 Å². The maximum absolute atomic E-state index is 11.4. The summed E-state index contributed by atoms with van der Waals surface area (Å²) >= 11 is 5.71. The summed E-state index contributed by atoms with van der Waals surface area (Å²) in [6, 6.07) is 3.26. The molecule has 0 aromatic carbocycles. The fraction of sp³-hybridized carbons (Fsp3) is 0.250. The van der Waals surface area contributed by atoms with Crippen LogP contribution >= 0.6 is 11.6 Å². The molecular formula is C12H12ClN3O3. The maximum Gasteiger partial charge on any atom is 0.374 e. The summed E-state index contributed by atoms with van der Waals surface area (Å²) < 4.78 is 10.2. The summed E-state index contributed by atoms with van der Waals surface area (Å²) in [7, 11) is 0. The van der Waals surface area contributed by atoms with E-state index in [1.165, 1.54) is 6.20 Å². The second-order valence-corrected chi connectivity index (χ2v) is 3.95. The summed E-state index contributed by atoms with van der Waals surface area (Å²) in [5, 5.41) is 3.28. The van der Waals surface area contributed by atoms with Gasteiger partial charge in [0.2, 0.25) is 5.76 Å². The van der Waals surface area contributed by atoms with Gasteiger partial charge in [-0.1, -0.05) is 11.6 Å². The molecule has 2 rings (SSSR count). The smallest absolute Gasteiger partial charge is 0.374 e. The lowest BCUT2D eigenvalue weighted by Crippen LogP contribution is -2.03. The lowest BCUT2D eigenvalue weighted by Gasteiger charge is -2.02. The molecule has 100 valence electrons. The van der Waals surface area contributed by atoms with E-state index in [0.717, 1.165) is 0 Å². The molecule has 2 aromatic heterocycles. The average molecular weight is 282 g/mol. The molecule has 19 heavy (non-hydrogen) atoms. The summed E-state index contributed by atoms with van der Waals surface area (Å²) in [6.45, 7) is 2.42. The van der Waals surface area contributed by atoms with E-state index in [0.29, 0.717) is 29.9 Å². The van der Waals surface area contributed by atoms with Crippen molar-refractivity contribution in [1.29, 1.82) is 0 Å². The van der Waals surface area contributed by atoms with E-state index in [9.17, 15) is 4.79 Å². The number of carbonyl (C=O) groups is 1. The second-order valence-electron chi connectivity index (χ2n) is 3.57. The fourth-order valence-electron chi connectivity index (χ4n) is 1.39. The molecule has 0 saturated carbocycles. The van der Waals surface area contributed by atoms with Gasteiger partial charge in [-0.15, -0.1) is 0 Å². The van der Waals surface area contributed by atoms with Crippen LogP contribution in [0.5, 0.6) is 0 Å². The number of halogens is 1. The molecule has 0 bridgehead atoms.